The number of pyridine rings is 1. The van der Waals surface area contributed by atoms with E-state index in [-0.39, 0.29) is 5.91 Å². The van der Waals surface area contributed by atoms with Crippen LogP contribution in [0.4, 0.5) is 0 Å². The molecule has 0 radical (unpaired) electrons. The molecule has 0 bridgehead atoms. The molecule has 1 aliphatic rings. The predicted octanol–water partition coefficient (Wildman–Crippen LogP) is 3.56. The van der Waals surface area contributed by atoms with Crippen molar-refractivity contribution in [1.29, 1.82) is 0 Å². The van der Waals surface area contributed by atoms with E-state index in [2.05, 4.69) is 17.2 Å². The van der Waals surface area contributed by atoms with Crippen LogP contribution in [-0.2, 0) is 4.74 Å². The van der Waals surface area contributed by atoms with Crippen LogP contribution in [0.5, 0.6) is 0 Å². The molecule has 2 aromatic rings. The van der Waals surface area contributed by atoms with Crippen LogP contribution in [-0.4, -0.2) is 30.1 Å². The van der Waals surface area contributed by atoms with Crippen LogP contribution in [0.3, 0.4) is 0 Å². The molecular weight excluding hydrogens is 288 g/mol. The van der Waals surface area contributed by atoms with Gasteiger partial charge in [-0.15, -0.1) is 0 Å². The monoisotopic (exact) mass is 312 g/mol. The Morgan fingerprint density at radius 3 is 3.00 bits per heavy atom. The Morgan fingerprint density at radius 1 is 1.26 bits per heavy atom. The van der Waals surface area contributed by atoms with Crippen molar-refractivity contribution in [3.8, 4) is 0 Å². The first kappa shape index (κ1) is 15.9. The van der Waals surface area contributed by atoms with Gasteiger partial charge in [-0.25, -0.2) is 0 Å². The number of hydrogen-bond acceptors (Lipinski definition) is 3. The standard InChI is InChI=1S/C19H24N2O2/c1-14-6-2-3-10-18(14)23-13-12-21-19(22)16-7-4-9-17-15(16)8-5-11-20-17/h4-5,7-9,11,14,18H,2-3,6,10,12-13H2,1H3,(H,21,22)/t14-,18+/m1/s1. The third-order valence-corrected chi connectivity index (χ3v) is 4.64. The summed E-state index contributed by atoms with van der Waals surface area (Å²) in [6.45, 7) is 3.37. The largest absolute Gasteiger partial charge is 0.376 e. The Labute approximate surface area is 137 Å². The summed E-state index contributed by atoms with van der Waals surface area (Å²) in [6, 6.07) is 9.40. The molecule has 4 nitrogen and oxygen atoms in total. The Kier molecular flexibility index (Phi) is 5.23. The number of ether oxygens (including phenoxy) is 1. The first-order valence-electron chi connectivity index (χ1n) is 8.49. The van der Waals surface area contributed by atoms with Gasteiger partial charge in [-0.3, -0.25) is 9.78 Å². The summed E-state index contributed by atoms with van der Waals surface area (Å²) in [4.78, 5) is 16.7. The average Bonchev–Trinajstić information content (AvgIpc) is 2.59. The van der Waals surface area contributed by atoms with Crippen LogP contribution >= 0.6 is 0 Å². The van der Waals surface area contributed by atoms with Gasteiger partial charge in [-0.05, 0) is 37.0 Å². The van der Waals surface area contributed by atoms with Gasteiger partial charge < -0.3 is 10.1 Å². The maximum absolute atomic E-state index is 12.4. The second-order valence-electron chi connectivity index (χ2n) is 6.30. The maximum atomic E-state index is 12.4. The summed E-state index contributed by atoms with van der Waals surface area (Å²) >= 11 is 0. The van der Waals surface area contributed by atoms with E-state index in [1.807, 2.05) is 30.3 Å². The zero-order valence-electron chi connectivity index (χ0n) is 13.6. The predicted molar refractivity (Wildman–Crippen MR) is 91.4 cm³/mol. The Bertz CT molecular complexity index is 666. The maximum Gasteiger partial charge on any atom is 0.252 e. The van der Waals surface area contributed by atoms with Gasteiger partial charge in [0, 0.05) is 23.7 Å². The number of nitrogens with zero attached hydrogens (tertiary/aromatic N) is 1. The highest BCUT2D eigenvalue weighted by molar-refractivity contribution is 6.06. The first-order valence-corrected chi connectivity index (χ1v) is 8.49. The molecule has 4 heteroatoms. The van der Waals surface area contributed by atoms with E-state index < -0.39 is 0 Å². The first-order chi connectivity index (χ1) is 11.3. The van der Waals surface area contributed by atoms with Crippen molar-refractivity contribution in [3.63, 3.8) is 0 Å². The average molecular weight is 312 g/mol. The van der Waals surface area contributed by atoms with Gasteiger partial charge in [0.2, 0.25) is 0 Å². The lowest BCUT2D eigenvalue weighted by molar-refractivity contribution is -0.00293. The lowest BCUT2D eigenvalue weighted by Crippen LogP contribution is -2.31. The molecule has 1 heterocycles. The molecule has 122 valence electrons. The number of amides is 1. The van der Waals surface area contributed by atoms with Crippen LogP contribution in [0.2, 0.25) is 0 Å². The van der Waals surface area contributed by atoms with Crippen molar-refractivity contribution in [2.75, 3.05) is 13.2 Å². The number of benzene rings is 1. The summed E-state index contributed by atoms with van der Waals surface area (Å²) in [7, 11) is 0. The summed E-state index contributed by atoms with van der Waals surface area (Å²) < 4.78 is 5.94. The normalized spacial score (nSPS) is 21.3. The zero-order chi connectivity index (χ0) is 16.1. The molecule has 1 saturated carbocycles. The zero-order valence-corrected chi connectivity index (χ0v) is 13.6. The van der Waals surface area contributed by atoms with E-state index in [4.69, 9.17) is 4.74 Å². The van der Waals surface area contributed by atoms with Gasteiger partial charge in [0.1, 0.15) is 0 Å². The third-order valence-electron chi connectivity index (χ3n) is 4.64. The van der Waals surface area contributed by atoms with Crippen molar-refractivity contribution in [1.82, 2.24) is 10.3 Å². The fourth-order valence-electron chi connectivity index (χ4n) is 3.30. The minimum atomic E-state index is -0.0658. The summed E-state index contributed by atoms with van der Waals surface area (Å²) in [5.74, 6) is 0.562. The van der Waals surface area contributed by atoms with Gasteiger partial charge in [0.25, 0.3) is 5.91 Å². The molecule has 1 aromatic heterocycles. The number of aromatic nitrogens is 1. The van der Waals surface area contributed by atoms with Crippen LogP contribution < -0.4 is 5.32 Å². The molecular formula is C19H24N2O2. The number of rotatable bonds is 5. The van der Waals surface area contributed by atoms with E-state index >= 15 is 0 Å². The van der Waals surface area contributed by atoms with Crippen molar-refractivity contribution in [3.05, 3.63) is 42.1 Å². The molecule has 23 heavy (non-hydrogen) atoms. The quantitative estimate of drug-likeness (QED) is 0.859. The molecule has 1 N–H and O–H groups in total. The van der Waals surface area contributed by atoms with Gasteiger partial charge >= 0.3 is 0 Å². The van der Waals surface area contributed by atoms with Crippen molar-refractivity contribution in [2.45, 2.75) is 38.7 Å². The Balaban J connectivity index is 1.53. The third kappa shape index (κ3) is 3.88. The van der Waals surface area contributed by atoms with E-state index in [9.17, 15) is 4.79 Å². The van der Waals surface area contributed by atoms with E-state index in [1.165, 1.54) is 19.3 Å². The van der Waals surface area contributed by atoms with Crippen LogP contribution in [0.25, 0.3) is 10.9 Å². The molecule has 1 amide bonds. The second-order valence-corrected chi connectivity index (χ2v) is 6.30. The number of fused-ring (bicyclic) bond motifs is 1. The van der Waals surface area contributed by atoms with Gasteiger partial charge in [-0.1, -0.05) is 31.9 Å². The molecule has 3 rings (SSSR count). The Hall–Kier alpha value is -1.94. The minimum absolute atomic E-state index is 0.0658. The number of nitrogens with one attached hydrogen (secondary N) is 1. The van der Waals surface area contributed by atoms with Crippen molar-refractivity contribution >= 4 is 16.8 Å². The second kappa shape index (κ2) is 7.55. The molecule has 0 spiro atoms. The van der Waals surface area contributed by atoms with Crippen LogP contribution in [0.1, 0.15) is 43.0 Å². The van der Waals surface area contributed by atoms with Crippen molar-refractivity contribution < 1.29 is 9.53 Å². The molecule has 0 aliphatic heterocycles. The number of carbonyl (C=O) groups is 1. The summed E-state index contributed by atoms with van der Waals surface area (Å²) in [5, 5.41) is 3.84. The molecule has 2 atom stereocenters. The fourth-order valence-corrected chi connectivity index (χ4v) is 3.30. The molecule has 1 aliphatic carbocycles. The van der Waals surface area contributed by atoms with Crippen LogP contribution in [0.15, 0.2) is 36.5 Å². The summed E-state index contributed by atoms with van der Waals surface area (Å²) in [5.41, 5.74) is 1.51. The number of hydrogen-bond donors (Lipinski definition) is 1. The van der Waals surface area contributed by atoms with Crippen molar-refractivity contribution in [2.24, 2.45) is 5.92 Å². The lowest BCUT2D eigenvalue weighted by atomic mass is 9.88. The number of carbonyl (C=O) groups excluding carboxylic acids is 1. The van der Waals surface area contributed by atoms with Gasteiger partial charge in [0.05, 0.1) is 18.2 Å². The fraction of sp³-hybridized carbons (Fsp3) is 0.474. The minimum Gasteiger partial charge on any atom is -0.376 e. The summed E-state index contributed by atoms with van der Waals surface area (Å²) in [6.07, 6.45) is 7.05. The lowest BCUT2D eigenvalue weighted by Gasteiger charge is -2.28. The van der Waals surface area contributed by atoms with Crippen LogP contribution in [0, 0.1) is 5.92 Å². The smallest absolute Gasteiger partial charge is 0.252 e. The topological polar surface area (TPSA) is 51.2 Å². The molecule has 1 fully saturated rings. The molecule has 0 unspecified atom stereocenters. The molecule has 1 aromatic carbocycles. The van der Waals surface area contributed by atoms with E-state index in [1.54, 1.807) is 6.20 Å². The Morgan fingerprint density at radius 2 is 2.13 bits per heavy atom. The van der Waals surface area contributed by atoms with E-state index in [0.717, 1.165) is 17.3 Å². The molecule has 0 saturated heterocycles. The SMILES string of the molecule is C[C@@H]1CCCC[C@@H]1OCCNC(=O)c1cccc2ncccc12. The van der Waals surface area contributed by atoms with E-state index in [0.29, 0.717) is 30.7 Å². The highest BCUT2D eigenvalue weighted by atomic mass is 16.5. The highest BCUT2D eigenvalue weighted by Gasteiger charge is 2.21. The van der Waals surface area contributed by atoms with Gasteiger partial charge in [0.15, 0.2) is 0 Å². The van der Waals surface area contributed by atoms with Gasteiger partial charge in [-0.2, -0.15) is 0 Å². The highest BCUT2D eigenvalue weighted by Crippen LogP contribution is 2.26.